The summed E-state index contributed by atoms with van der Waals surface area (Å²) in [5.41, 5.74) is 1.60. The molecule has 0 radical (unpaired) electrons. The number of aryl methyl sites for hydroxylation is 1. The highest BCUT2D eigenvalue weighted by molar-refractivity contribution is 6.35. The predicted octanol–water partition coefficient (Wildman–Crippen LogP) is 5.01. The third-order valence-electron chi connectivity index (χ3n) is 3.66. The highest BCUT2D eigenvalue weighted by Crippen LogP contribution is 2.38. The lowest BCUT2D eigenvalue weighted by Crippen LogP contribution is -2.25. The van der Waals surface area contributed by atoms with E-state index in [0.29, 0.717) is 11.1 Å². The van der Waals surface area contributed by atoms with Gasteiger partial charge in [0.05, 0.1) is 5.02 Å². The SMILES string of the molecule is Cc1cccc(C(C)(O)c2cc(F)c(Cl)cc2Cl)c1C. The van der Waals surface area contributed by atoms with E-state index in [-0.39, 0.29) is 10.0 Å². The lowest BCUT2D eigenvalue weighted by molar-refractivity contribution is 0.101. The van der Waals surface area contributed by atoms with Crippen molar-refractivity contribution in [3.8, 4) is 0 Å². The molecule has 4 heteroatoms. The van der Waals surface area contributed by atoms with Gasteiger partial charge in [0, 0.05) is 10.6 Å². The fourth-order valence-corrected chi connectivity index (χ4v) is 2.89. The van der Waals surface area contributed by atoms with Crippen molar-refractivity contribution in [3.05, 3.63) is 68.4 Å². The topological polar surface area (TPSA) is 20.2 Å². The van der Waals surface area contributed by atoms with E-state index in [2.05, 4.69) is 0 Å². The molecule has 0 bridgehead atoms. The molecular formula is C16H15Cl2FO. The molecule has 0 amide bonds. The lowest BCUT2D eigenvalue weighted by Gasteiger charge is -2.28. The van der Waals surface area contributed by atoms with Crippen LogP contribution in [-0.2, 0) is 5.60 Å². The van der Waals surface area contributed by atoms with Crippen molar-refractivity contribution in [1.82, 2.24) is 0 Å². The van der Waals surface area contributed by atoms with Gasteiger partial charge in [0.25, 0.3) is 0 Å². The van der Waals surface area contributed by atoms with Crippen LogP contribution in [0.15, 0.2) is 30.3 Å². The van der Waals surface area contributed by atoms with Gasteiger partial charge in [0.1, 0.15) is 11.4 Å². The lowest BCUT2D eigenvalue weighted by atomic mass is 9.84. The van der Waals surface area contributed by atoms with Gasteiger partial charge in [0.15, 0.2) is 0 Å². The third-order valence-corrected chi connectivity index (χ3v) is 4.27. The number of aliphatic hydroxyl groups is 1. The van der Waals surface area contributed by atoms with Crippen LogP contribution in [0.4, 0.5) is 4.39 Å². The van der Waals surface area contributed by atoms with Gasteiger partial charge in [0.2, 0.25) is 0 Å². The molecule has 0 fully saturated rings. The smallest absolute Gasteiger partial charge is 0.142 e. The molecule has 1 N–H and O–H groups in total. The van der Waals surface area contributed by atoms with Crippen molar-refractivity contribution in [1.29, 1.82) is 0 Å². The Morgan fingerprint density at radius 1 is 1.05 bits per heavy atom. The summed E-state index contributed by atoms with van der Waals surface area (Å²) < 4.78 is 13.7. The Labute approximate surface area is 128 Å². The van der Waals surface area contributed by atoms with E-state index < -0.39 is 11.4 Å². The van der Waals surface area contributed by atoms with Crippen LogP contribution >= 0.6 is 23.2 Å². The summed E-state index contributed by atoms with van der Waals surface area (Å²) in [5, 5.41) is 11.0. The molecule has 2 aromatic carbocycles. The Kier molecular flexibility index (Phi) is 4.10. The molecule has 0 aromatic heterocycles. The summed E-state index contributed by atoms with van der Waals surface area (Å²) in [5.74, 6) is -0.600. The van der Waals surface area contributed by atoms with E-state index in [1.54, 1.807) is 6.92 Å². The van der Waals surface area contributed by atoms with Crippen LogP contribution in [0.2, 0.25) is 10.0 Å². The van der Waals surface area contributed by atoms with Gasteiger partial charge in [-0.15, -0.1) is 0 Å². The van der Waals surface area contributed by atoms with Crippen molar-refractivity contribution < 1.29 is 9.50 Å². The number of rotatable bonds is 2. The Hall–Kier alpha value is -1.09. The fourth-order valence-electron chi connectivity index (χ4n) is 2.32. The highest BCUT2D eigenvalue weighted by Gasteiger charge is 2.30. The molecule has 106 valence electrons. The van der Waals surface area contributed by atoms with Crippen LogP contribution in [0.1, 0.15) is 29.2 Å². The zero-order valence-electron chi connectivity index (χ0n) is 11.5. The monoisotopic (exact) mass is 312 g/mol. The molecule has 0 aliphatic heterocycles. The Morgan fingerprint density at radius 3 is 2.35 bits per heavy atom. The zero-order chi connectivity index (χ0) is 15.1. The van der Waals surface area contributed by atoms with Gasteiger partial charge < -0.3 is 5.11 Å². The summed E-state index contributed by atoms with van der Waals surface area (Å²) in [4.78, 5) is 0. The van der Waals surface area contributed by atoms with Crippen LogP contribution < -0.4 is 0 Å². The molecule has 1 atom stereocenters. The number of benzene rings is 2. The van der Waals surface area contributed by atoms with Crippen molar-refractivity contribution >= 4 is 23.2 Å². The molecule has 20 heavy (non-hydrogen) atoms. The normalized spacial score (nSPS) is 14.2. The van der Waals surface area contributed by atoms with E-state index in [1.165, 1.54) is 12.1 Å². The first kappa shape index (κ1) is 15.3. The first-order valence-electron chi connectivity index (χ1n) is 6.19. The average Bonchev–Trinajstić information content (AvgIpc) is 2.36. The van der Waals surface area contributed by atoms with E-state index in [4.69, 9.17) is 23.2 Å². The molecule has 0 spiro atoms. The number of hydrogen-bond donors (Lipinski definition) is 1. The highest BCUT2D eigenvalue weighted by atomic mass is 35.5. The molecular weight excluding hydrogens is 298 g/mol. The van der Waals surface area contributed by atoms with E-state index in [9.17, 15) is 9.50 Å². The van der Waals surface area contributed by atoms with Gasteiger partial charge in [-0.05, 0) is 49.6 Å². The van der Waals surface area contributed by atoms with E-state index in [0.717, 1.165) is 11.1 Å². The maximum absolute atomic E-state index is 13.7. The summed E-state index contributed by atoms with van der Waals surface area (Å²) in [6, 6.07) is 8.12. The van der Waals surface area contributed by atoms with E-state index >= 15 is 0 Å². The van der Waals surface area contributed by atoms with Crippen LogP contribution in [0.5, 0.6) is 0 Å². The molecule has 2 rings (SSSR count). The second kappa shape index (κ2) is 5.36. The van der Waals surface area contributed by atoms with E-state index in [1.807, 2.05) is 32.0 Å². The summed E-state index contributed by atoms with van der Waals surface area (Å²) in [6.45, 7) is 5.47. The molecule has 0 aliphatic rings. The maximum Gasteiger partial charge on any atom is 0.142 e. The molecule has 1 nitrogen and oxygen atoms in total. The molecule has 2 aromatic rings. The van der Waals surface area contributed by atoms with Gasteiger partial charge in [-0.2, -0.15) is 0 Å². The summed E-state index contributed by atoms with van der Waals surface area (Å²) in [7, 11) is 0. The van der Waals surface area contributed by atoms with Gasteiger partial charge in [-0.1, -0.05) is 41.4 Å². The van der Waals surface area contributed by atoms with Crippen LogP contribution in [0.3, 0.4) is 0 Å². The Balaban J connectivity index is 2.66. The molecule has 0 saturated carbocycles. The predicted molar refractivity (Wildman–Crippen MR) is 81.0 cm³/mol. The maximum atomic E-state index is 13.7. The number of halogens is 3. The first-order valence-corrected chi connectivity index (χ1v) is 6.95. The Bertz CT molecular complexity index is 666. The number of hydrogen-bond acceptors (Lipinski definition) is 1. The van der Waals surface area contributed by atoms with Gasteiger partial charge >= 0.3 is 0 Å². The standard InChI is InChI=1S/C16H15Cl2FO/c1-9-5-4-6-11(10(9)2)16(3,20)12-7-15(19)14(18)8-13(12)17/h4-8,20H,1-3H3. The minimum Gasteiger partial charge on any atom is -0.381 e. The van der Waals surface area contributed by atoms with Crippen LogP contribution in [0.25, 0.3) is 0 Å². The largest absolute Gasteiger partial charge is 0.381 e. The fraction of sp³-hybridized carbons (Fsp3) is 0.250. The molecule has 0 saturated heterocycles. The second-order valence-corrected chi connectivity index (χ2v) is 5.88. The first-order chi connectivity index (χ1) is 9.25. The van der Waals surface area contributed by atoms with Crippen molar-refractivity contribution in [2.24, 2.45) is 0 Å². The van der Waals surface area contributed by atoms with Crippen molar-refractivity contribution in [3.63, 3.8) is 0 Å². The minimum absolute atomic E-state index is 0.0597. The van der Waals surface area contributed by atoms with Crippen molar-refractivity contribution in [2.75, 3.05) is 0 Å². The third kappa shape index (κ3) is 2.56. The minimum atomic E-state index is -1.39. The van der Waals surface area contributed by atoms with Gasteiger partial charge in [-0.25, -0.2) is 4.39 Å². The van der Waals surface area contributed by atoms with Crippen LogP contribution in [-0.4, -0.2) is 5.11 Å². The quantitative estimate of drug-likeness (QED) is 0.773. The Morgan fingerprint density at radius 2 is 1.70 bits per heavy atom. The van der Waals surface area contributed by atoms with Crippen LogP contribution in [0, 0.1) is 19.7 Å². The van der Waals surface area contributed by atoms with Gasteiger partial charge in [-0.3, -0.25) is 0 Å². The molecule has 0 aliphatic carbocycles. The zero-order valence-corrected chi connectivity index (χ0v) is 13.0. The summed E-state index contributed by atoms with van der Waals surface area (Å²) in [6.07, 6.45) is 0. The summed E-state index contributed by atoms with van der Waals surface area (Å²) >= 11 is 11.8. The molecule has 1 unspecified atom stereocenters. The second-order valence-electron chi connectivity index (χ2n) is 5.07. The average molecular weight is 313 g/mol. The van der Waals surface area contributed by atoms with Crippen molar-refractivity contribution in [2.45, 2.75) is 26.4 Å². The molecule has 0 heterocycles.